The summed E-state index contributed by atoms with van der Waals surface area (Å²) in [5.74, 6) is 0.131. The molecule has 0 radical (unpaired) electrons. The molecule has 6 heteroatoms. The first-order valence-corrected chi connectivity index (χ1v) is 10.2. The van der Waals surface area contributed by atoms with Gasteiger partial charge in [0.05, 0.1) is 6.61 Å². The minimum Gasteiger partial charge on any atom is -0.494 e. The number of fused-ring (bicyclic) bond motifs is 1. The molecule has 0 saturated carbocycles. The van der Waals surface area contributed by atoms with Gasteiger partial charge in [-0.25, -0.2) is 0 Å². The second kappa shape index (κ2) is 8.89. The van der Waals surface area contributed by atoms with E-state index in [1.165, 1.54) is 4.70 Å². The first kappa shape index (κ1) is 19.9. The third-order valence-electron chi connectivity index (χ3n) is 4.38. The third-order valence-corrected chi connectivity index (χ3v) is 5.28. The highest BCUT2D eigenvalue weighted by atomic mass is 32.1. The summed E-state index contributed by atoms with van der Waals surface area (Å²) in [4.78, 5) is 25.4. The number of thiophene rings is 1. The molecule has 2 amide bonds. The van der Waals surface area contributed by atoms with E-state index in [1.807, 2.05) is 50.4 Å². The molecule has 1 heterocycles. The topological polar surface area (TPSA) is 67.4 Å². The number of hydrogen-bond donors (Lipinski definition) is 2. The molecule has 2 N–H and O–H groups in total. The van der Waals surface area contributed by atoms with Crippen molar-refractivity contribution in [1.82, 2.24) is 5.32 Å². The molecule has 0 aliphatic rings. The molecule has 146 valence electrons. The van der Waals surface area contributed by atoms with Gasteiger partial charge >= 0.3 is 0 Å². The molecule has 5 nitrogen and oxygen atoms in total. The fourth-order valence-corrected chi connectivity index (χ4v) is 3.66. The molecule has 0 fully saturated rings. The monoisotopic (exact) mass is 396 g/mol. The standard InChI is InChI=1S/C22H24N2O3S/c1-4-27-18-8-5-15(6-9-18)21(25)24-20(14(2)3)22(26)23-17-7-10-19-16(13-17)11-12-28-19/h5-14,20H,4H2,1-3H3,(H,23,26)(H,24,25). The molecule has 3 aromatic rings. The van der Waals surface area contributed by atoms with E-state index < -0.39 is 6.04 Å². The summed E-state index contributed by atoms with van der Waals surface area (Å²) >= 11 is 1.66. The van der Waals surface area contributed by atoms with Crippen LogP contribution in [0.3, 0.4) is 0 Å². The van der Waals surface area contributed by atoms with Crippen molar-refractivity contribution in [2.24, 2.45) is 5.92 Å². The highest BCUT2D eigenvalue weighted by Crippen LogP contribution is 2.24. The van der Waals surface area contributed by atoms with Crippen LogP contribution in [-0.2, 0) is 4.79 Å². The molecular formula is C22H24N2O3S. The van der Waals surface area contributed by atoms with Crippen LogP contribution < -0.4 is 15.4 Å². The van der Waals surface area contributed by atoms with Crippen molar-refractivity contribution in [3.05, 3.63) is 59.5 Å². The van der Waals surface area contributed by atoms with Crippen molar-refractivity contribution in [3.8, 4) is 5.75 Å². The van der Waals surface area contributed by atoms with Crippen molar-refractivity contribution in [1.29, 1.82) is 0 Å². The smallest absolute Gasteiger partial charge is 0.251 e. The fourth-order valence-electron chi connectivity index (χ4n) is 2.89. The quantitative estimate of drug-likeness (QED) is 0.609. The van der Waals surface area contributed by atoms with Gasteiger partial charge in [0.2, 0.25) is 5.91 Å². The SMILES string of the molecule is CCOc1ccc(C(=O)NC(C(=O)Nc2ccc3sccc3c2)C(C)C)cc1. The van der Waals surface area contributed by atoms with Gasteiger partial charge in [0.25, 0.3) is 5.91 Å². The van der Waals surface area contributed by atoms with Crippen LogP contribution >= 0.6 is 11.3 Å². The van der Waals surface area contributed by atoms with Crippen LogP contribution in [0.5, 0.6) is 5.75 Å². The third kappa shape index (κ3) is 4.70. The van der Waals surface area contributed by atoms with Crippen LogP contribution in [0.4, 0.5) is 5.69 Å². The minimum atomic E-state index is -0.641. The van der Waals surface area contributed by atoms with Crippen LogP contribution in [0.2, 0.25) is 0 Å². The number of carbonyl (C=O) groups is 2. The largest absolute Gasteiger partial charge is 0.494 e. The molecule has 0 aliphatic carbocycles. The Morgan fingerprint density at radius 3 is 2.50 bits per heavy atom. The summed E-state index contributed by atoms with van der Waals surface area (Å²) in [5, 5.41) is 8.87. The lowest BCUT2D eigenvalue weighted by Crippen LogP contribution is -2.47. The van der Waals surface area contributed by atoms with Gasteiger partial charge in [-0.2, -0.15) is 0 Å². The van der Waals surface area contributed by atoms with Gasteiger partial charge < -0.3 is 15.4 Å². The molecule has 0 aliphatic heterocycles. The number of amides is 2. The van der Waals surface area contributed by atoms with Gasteiger partial charge in [0.1, 0.15) is 11.8 Å². The van der Waals surface area contributed by atoms with E-state index in [0.29, 0.717) is 17.9 Å². The van der Waals surface area contributed by atoms with E-state index in [-0.39, 0.29) is 17.7 Å². The molecule has 0 saturated heterocycles. The molecule has 28 heavy (non-hydrogen) atoms. The number of benzene rings is 2. The van der Waals surface area contributed by atoms with E-state index in [2.05, 4.69) is 10.6 Å². The lowest BCUT2D eigenvalue weighted by molar-refractivity contribution is -0.118. The number of carbonyl (C=O) groups excluding carboxylic acids is 2. The maximum Gasteiger partial charge on any atom is 0.251 e. The first-order chi connectivity index (χ1) is 13.5. The van der Waals surface area contributed by atoms with E-state index in [4.69, 9.17) is 4.74 Å². The maximum absolute atomic E-state index is 12.8. The van der Waals surface area contributed by atoms with E-state index in [0.717, 1.165) is 11.1 Å². The Hall–Kier alpha value is -2.86. The number of nitrogens with one attached hydrogen (secondary N) is 2. The molecule has 0 bridgehead atoms. The van der Waals surface area contributed by atoms with Crippen molar-refractivity contribution in [3.63, 3.8) is 0 Å². The molecule has 1 aromatic heterocycles. The molecule has 1 atom stereocenters. The summed E-state index contributed by atoms with van der Waals surface area (Å²) in [6, 6.07) is 14.1. The summed E-state index contributed by atoms with van der Waals surface area (Å²) in [6.45, 7) is 6.29. The van der Waals surface area contributed by atoms with E-state index in [1.54, 1.807) is 35.6 Å². The minimum absolute atomic E-state index is 0.0588. The highest BCUT2D eigenvalue weighted by Gasteiger charge is 2.25. The summed E-state index contributed by atoms with van der Waals surface area (Å²) in [7, 11) is 0. The average molecular weight is 397 g/mol. The summed E-state index contributed by atoms with van der Waals surface area (Å²) < 4.78 is 6.56. The lowest BCUT2D eigenvalue weighted by atomic mass is 10.0. The summed E-state index contributed by atoms with van der Waals surface area (Å²) in [5.41, 5.74) is 1.21. The molecule has 0 spiro atoms. The predicted molar refractivity (Wildman–Crippen MR) is 114 cm³/mol. The molecule has 1 unspecified atom stereocenters. The van der Waals surface area contributed by atoms with Crippen molar-refractivity contribution in [2.45, 2.75) is 26.8 Å². The Bertz CT molecular complexity index is 963. The van der Waals surface area contributed by atoms with Crippen LogP contribution in [0.25, 0.3) is 10.1 Å². The fraction of sp³-hybridized carbons (Fsp3) is 0.273. The Balaban J connectivity index is 1.69. The zero-order valence-corrected chi connectivity index (χ0v) is 17.0. The zero-order chi connectivity index (χ0) is 20.1. The summed E-state index contributed by atoms with van der Waals surface area (Å²) in [6.07, 6.45) is 0. The van der Waals surface area contributed by atoms with Gasteiger partial charge in [0, 0.05) is 16.0 Å². The Morgan fingerprint density at radius 2 is 1.82 bits per heavy atom. The Labute approximate surface area is 168 Å². The Kier molecular flexibility index (Phi) is 6.31. The van der Waals surface area contributed by atoms with Crippen molar-refractivity contribution >= 4 is 38.9 Å². The maximum atomic E-state index is 12.8. The zero-order valence-electron chi connectivity index (χ0n) is 16.2. The van der Waals surface area contributed by atoms with Gasteiger partial charge in [-0.05, 0) is 72.1 Å². The van der Waals surface area contributed by atoms with E-state index in [9.17, 15) is 9.59 Å². The van der Waals surface area contributed by atoms with Crippen LogP contribution in [-0.4, -0.2) is 24.5 Å². The lowest BCUT2D eigenvalue weighted by Gasteiger charge is -2.22. The first-order valence-electron chi connectivity index (χ1n) is 9.29. The second-order valence-electron chi connectivity index (χ2n) is 6.81. The highest BCUT2D eigenvalue weighted by molar-refractivity contribution is 7.17. The van der Waals surface area contributed by atoms with Crippen molar-refractivity contribution < 1.29 is 14.3 Å². The van der Waals surface area contributed by atoms with Crippen LogP contribution in [0, 0.1) is 5.92 Å². The molecular weight excluding hydrogens is 372 g/mol. The van der Waals surface area contributed by atoms with Gasteiger partial charge in [0.15, 0.2) is 0 Å². The molecule has 2 aromatic carbocycles. The second-order valence-corrected chi connectivity index (χ2v) is 7.76. The average Bonchev–Trinajstić information content (AvgIpc) is 3.14. The van der Waals surface area contributed by atoms with E-state index >= 15 is 0 Å². The Morgan fingerprint density at radius 1 is 1.07 bits per heavy atom. The number of hydrogen-bond acceptors (Lipinski definition) is 4. The number of rotatable bonds is 7. The number of ether oxygens (including phenoxy) is 1. The van der Waals surface area contributed by atoms with Gasteiger partial charge in [-0.1, -0.05) is 13.8 Å². The van der Waals surface area contributed by atoms with Crippen molar-refractivity contribution in [2.75, 3.05) is 11.9 Å². The predicted octanol–water partition coefficient (Wildman–Crippen LogP) is 4.69. The number of anilines is 1. The van der Waals surface area contributed by atoms with Gasteiger partial charge in [-0.3, -0.25) is 9.59 Å². The van der Waals surface area contributed by atoms with Crippen LogP contribution in [0.1, 0.15) is 31.1 Å². The normalized spacial score (nSPS) is 12.0. The molecule has 3 rings (SSSR count). The van der Waals surface area contributed by atoms with Crippen LogP contribution in [0.15, 0.2) is 53.9 Å². The van der Waals surface area contributed by atoms with Gasteiger partial charge in [-0.15, -0.1) is 11.3 Å².